The summed E-state index contributed by atoms with van der Waals surface area (Å²) in [5.41, 5.74) is 1.30. The van der Waals surface area contributed by atoms with Gasteiger partial charge >= 0.3 is 33.0 Å². The Hall–Kier alpha value is -0.780. The molecular formula is C7H13F6N2P. The molecule has 0 aliphatic rings. The molecule has 1 heterocycles. The molecule has 0 aliphatic carbocycles. The first-order valence-corrected chi connectivity index (χ1v) is 6.15. The number of nitrogens with zero attached hydrogens (tertiary/aromatic N) is 2. The molecule has 1 aromatic rings. The Morgan fingerprint density at radius 3 is 1.44 bits per heavy atom. The van der Waals surface area contributed by atoms with E-state index in [-0.39, 0.29) is 0 Å². The zero-order valence-electron chi connectivity index (χ0n) is 9.19. The van der Waals surface area contributed by atoms with Gasteiger partial charge in [0.2, 0.25) is 0 Å². The summed E-state index contributed by atoms with van der Waals surface area (Å²) in [5, 5.41) is 0. The Morgan fingerprint density at radius 2 is 1.38 bits per heavy atom. The molecule has 0 atom stereocenters. The summed E-state index contributed by atoms with van der Waals surface area (Å²) in [6, 6.07) is 0. The monoisotopic (exact) mass is 270 g/mol. The van der Waals surface area contributed by atoms with Crippen molar-refractivity contribution in [1.82, 2.24) is 4.57 Å². The maximum absolute atomic E-state index is 10.7. The summed E-state index contributed by atoms with van der Waals surface area (Å²) in [5.74, 6) is 1.28. The summed E-state index contributed by atoms with van der Waals surface area (Å²) in [6.07, 6.45) is 2.12. The Kier molecular flexibility index (Phi) is 3.19. The van der Waals surface area contributed by atoms with Crippen molar-refractivity contribution in [2.75, 3.05) is 0 Å². The molecule has 0 bridgehead atoms. The number of aromatic nitrogens is 2. The average molecular weight is 270 g/mol. The third-order valence-electron chi connectivity index (χ3n) is 1.91. The van der Waals surface area contributed by atoms with Crippen molar-refractivity contribution < 1.29 is 29.7 Å². The van der Waals surface area contributed by atoms with E-state index in [1.165, 1.54) is 11.5 Å². The fraction of sp³-hybridized carbons (Fsp3) is 0.571. The SMILES string of the molecule is Cc1c[n+](C)c(C)n1C.F[P-](F)(F)(F)(F)F. The molecular weight excluding hydrogens is 257 g/mol. The second-order valence-corrected chi connectivity index (χ2v) is 5.36. The molecule has 2 nitrogen and oxygen atoms in total. The van der Waals surface area contributed by atoms with E-state index < -0.39 is 7.81 Å². The molecule has 0 fully saturated rings. The van der Waals surface area contributed by atoms with Crippen LogP contribution in [0.1, 0.15) is 11.5 Å². The summed E-state index contributed by atoms with van der Waals surface area (Å²) in [4.78, 5) is 0. The first kappa shape index (κ1) is 15.2. The fourth-order valence-electron chi connectivity index (χ4n) is 0.952. The van der Waals surface area contributed by atoms with Gasteiger partial charge in [-0.05, 0) is 0 Å². The van der Waals surface area contributed by atoms with Crippen molar-refractivity contribution in [2.24, 2.45) is 14.1 Å². The van der Waals surface area contributed by atoms with Crippen LogP contribution in [0.25, 0.3) is 0 Å². The van der Waals surface area contributed by atoms with Crippen LogP contribution in [0, 0.1) is 13.8 Å². The molecule has 1 aromatic heterocycles. The topological polar surface area (TPSA) is 8.81 Å². The third kappa shape index (κ3) is 8.52. The number of aryl methyl sites for hydroxylation is 2. The van der Waals surface area contributed by atoms with E-state index in [2.05, 4.69) is 43.3 Å². The van der Waals surface area contributed by atoms with Crippen molar-refractivity contribution in [2.45, 2.75) is 13.8 Å². The minimum atomic E-state index is -10.7. The average Bonchev–Trinajstić information content (AvgIpc) is 2.11. The summed E-state index contributed by atoms with van der Waals surface area (Å²) in [6.45, 7) is 4.21. The van der Waals surface area contributed by atoms with Crippen molar-refractivity contribution in [3.8, 4) is 0 Å². The van der Waals surface area contributed by atoms with E-state index >= 15 is 0 Å². The number of imidazole rings is 1. The minimum absolute atomic E-state index is 1.28. The van der Waals surface area contributed by atoms with Gasteiger partial charge in [-0.3, -0.25) is 0 Å². The predicted molar refractivity (Wildman–Crippen MR) is 49.6 cm³/mol. The number of halogens is 6. The molecule has 0 spiro atoms. The van der Waals surface area contributed by atoms with Crippen molar-refractivity contribution in [3.05, 3.63) is 17.7 Å². The van der Waals surface area contributed by atoms with Gasteiger partial charge in [-0.15, -0.1) is 0 Å². The van der Waals surface area contributed by atoms with E-state index in [0.717, 1.165) is 0 Å². The molecule has 0 radical (unpaired) electrons. The van der Waals surface area contributed by atoms with Gasteiger partial charge in [0.15, 0.2) is 0 Å². The Bertz CT molecular complexity index is 356. The first-order chi connectivity index (χ1) is 6.58. The molecule has 98 valence electrons. The van der Waals surface area contributed by atoms with Gasteiger partial charge in [0, 0.05) is 13.8 Å². The molecule has 0 amide bonds. The van der Waals surface area contributed by atoms with Crippen LogP contribution in [0.3, 0.4) is 0 Å². The second-order valence-electron chi connectivity index (χ2n) is 3.45. The van der Waals surface area contributed by atoms with Gasteiger partial charge in [0.25, 0.3) is 5.82 Å². The van der Waals surface area contributed by atoms with Gasteiger partial charge < -0.3 is 0 Å². The molecule has 0 unspecified atom stereocenters. The maximum atomic E-state index is 9.87. The van der Waals surface area contributed by atoms with E-state index in [4.69, 9.17) is 0 Å². The van der Waals surface area contributed by atoms with Crippen molar-refractivity contribution in [1.29, 1.82) is 0 Å². The molecule has 1 rings (SSSR count). The van der Waals surface area contributed by atoms with Crippen LogP contribution in [0.15, 0.2) is 6.20 Å². The molecule has 0 N–H and O–H groups in total. The zero-order chi connectivity index (χ0) is 13.4. The quantitative estimate of drug-likeness (QED) is 0.384. The number of hydrogen-bond acceptors (Lipinski definition) is 0. The van der Waals surface area contributed by atoms with Gasteiger partial charge in [-0.2, -0.15) is 0 Å². The number of hydrogen-bond donors (Lipinski definition) is 0. The van der Waals surface area contributed by atoms with Crippen LogP contribution >= 0.6 is 7.81 Å². The van der Waals surface area contributed by atoms with Crippen LogP contribution < -0.4 is 4.57 Å². The van der Waals surface area contributed by atoms with Crippen LogP contribution in [0.5, 0.6) is 0 Å². The molecule has 16 heavy (non-hydrogen) atoms. The predicted octanol–water partition coefficient (Wildman–Crippen LogP) is 3.85. The molecule has 9 heteroatoms. The molecule has 0 aliphatic heterocycles. The van der Waals surface area contributed by atoms with Gasteiger partial charge in [0.1, 0.15) is 11.9 Å². The molecule has 0 aromatic carbocycles. The van der Waals surface area contributed by atoms with Gasteiger partial charge in [-0.25, -0.2) is 9.13 Å². The van der Waals surface area contributed by atoms with Crippen LogP contribution in [-0.2, 0) is 14.1 Å². The summed E-state index contributed by atoms with van der Waals surface area (Å²) < 4.78 is 63.5. The summed E-state index contributed by atoms with van der Waals surface area (Å²) in [7, 11) is -6.53. The van der Waals surface area contributed by atoms with E-state index in [1.807, 2.05) is 0 Å². The Morgan fingerprint density at radius 1 is 1.06 bits per heavy atom. The van der Waals surface area contributed by atoms with E-state index in [9.17, 15) is 25.2 Å². The number of rotatable bonds is 0. The van der Waals surface area contributed by atoms with Crippen LogP contribution in [0.4, 0.5) is 25.2 Å². The third-order valence-corrected chi connectivity index (χ3v) is 1.91. The van der Waals surface area contributed by atoms with E-state index in [1.54, 1.807) is 0 Å². The second kappa shape index (κ2) is 3.35. The standard InChI is InChI=1S/C7H13N2.F6P/c1-6-5-8(3)7(2)9(6)4;1-7(2,3,4,5)6/h5H,1-4H3;/q+1;-1. The van der Waals surface area contributed by atoms with E-state index in [0.29, 0.717) is 0 Å². The summed E-state index contributed by atoms with van der Waals surface area (Å²) >= 11 is 0. The Labute approximate surface area is 88.7 Å². The van der Waals surface area contributed by atoms with Gasteiger partial charge in [0.05, 0.1) is 14.1 Å². The van der Waals surface area contributed by atoms with Crippen molar-refractivity contribution in [3.63, 3.8) is 0 Å². The Balaban J connectivity index is 0.000000293. The zero-order valence-corrected chi connectivity index (χ0v) is 10.1. The van der Waals surface area contributed by atoms with Gasteiger partial charge in [-0.1, -0.05) is 0 Å². The molecule has 0 saturated heterocycles. The first-order valence-electron chi connectivity index (χ1n) is 4.13. The fourth-order valence-corrected chi connectivity index (χ4v) is 0.952. The van der Waals surface area contributed by atoms with Crippen LogP contribution in [-0.4, -0.2) is 4.57 Å². The van der Waals surface area contributed by atoms with Crippen molar-refractivity contribution >= 4 is 7.81 Å². The normalized spacial score (nSPS) is 15.9. The van der Waals surface area contributed by atoms with Crippen LogP contribution in [0.2, 0.25) is 0 Å². The molecule has 0 saturated carbocycles.